The number of rotatable bonds is 9. The number of aryl methyl sites for hydroxylation is 2. The quantitative estimate of drug-likeness (QED) is 0.390. The predicted molar refractivity (Wildman–Crippen MR) is 141 cm³/mol. The number of hydrogen-bond acceptors (Lipinski definition) is 7. The summed E-state index contributed by atoms with van der Waals surface area (Å²) in [6.07, 6.45) is 0. The number of halogens is 1. The molecule has 0 saturated carbocycles. The van der Waals surface area contributed by atoms with Gasteiger partial charge in [-0.25, -0.2) is 13.2 Å². The average molecular weight is 547 g/mol. The highest BCUT2D eigenvalue weighted by molar-refractivity contribution is 7.92. The SMILES string of the molecule is COC(=O)c1cc(OC)c(OC)cc1NC(=O)CN(c1cc(Cl)ccc1C)S(=O)(=O)c1ccc(C)cc1. The zero-order chi connectivity index (χ0) is 27.3. The summed E-state index contributed by atoms with van der Waals surface area (Å²) in [5, 5.41) is 2.91. The number of carbonyl (C=O) groups excluding carboxylic acids is 2. The van der Waals surface area contributed by atoms with Gasteiger partial charge in [-0.15, -0.1) is 0 Å². The summed E-state index contributed by atoms with van der Waals surface area (Å²) in [4.78, 5) is 25.7. The lowest BCUT2D eigenvalue weighted by Crippen LogP contribution is -2.38. The van der Waals surface area contributed by atoms with E-state index in [9.17, 15) is 18.0 Å². The Hall–Kier alpha value is -3.76. The van der Waals surface area contributed by atoms with Crippen molar-refractivity contribution in [3.05, 3.63) is 76.3 Å². The standard InChI is InChI=1S/C26H27ClN2O7S/c1-16-6-10-19(11-7-16)37(32,33)29(22-12-18(27)9-8-17(22)2)15-25(30)28-21-14-24(35-4)23(34-3)13-20(21)26(31)36-5/h6-14H,15H2,1-5H3,(H,28,30). The molecule has 37 heavy (non-hydrogen) atoms. The van der Waals surface area contributed by atoms with E-state index in [1.165, 1.54) is 51.7 Å². The van der Waals surface area contributed by atoms with Crippen molar-refractivity contribution in [2.75, 3.05) is 37.5 Å². The van der Waals surface area contributed by atoms with Gasteiger partial charge in [0.1, 0.15) is 6.54 Å². The number of nitrogens with zero attached hydrogens (tertiary/aromatic N) is 1. The van der Waals surface area contributed by atoms with E-state index in [1.54, 1.807) is 31.2 Å². The maximum Gasteiger partial charge on any atom is 0.340 e. The topological polar surface area (TPSA) is 111 Å². The van der Waals surface area contributed by atoms with Crippen molar-refractivity contribution in [1.82, 2.24) is 0 Å². The molecule has 0 unspecified atom stereocenters. The van der Waals surface area contributed by atoms with Crippen LogP contribution in [0.4, 0.5) is 11.4 Å². The van der Waals surface area contributed by atoms with Crippen molar-refractivity contribution in [1.29, 1.82) is 0 Å². The Morgan fingerprint density at radius 3 is 2.14 bits per heavy atom. The number of sulfonamides is 1. The van der Waals surface area contributed by atoms with Crippen LogP contribution in [0.15, 0.2) is 59.5 Å². The third-order valence-corrected chi connectivity index (χ3v) is 7.55. The van der Waals surface area contributed by atoms with Crippen molar-refractivity contribution in [3.63, 3.8) is 0 Å². The molecule has 0 radical (unpaired) electrons. The van der Waals surface area contributed by atoms with Gasteiger partial charge in [0.2, 0.25) is 5.91 Å². The minimum Gasteiger partial charge on any atom is -0.493 e. The Morgan fingerprint density at radius 2 is 1.54 bits per heavy atom. The monoisotopic (exact) mass is 546 g/mol. The molecule has 0 aliphatic rings. The Morgan fingerprint density at radius 1 is 0.919 bits per heavy atom. The van der Waals surface area contributed by atoms with E-state index in [-0.39, 0.29) is 33.3 Å². The van der Waals surface area contributed by atoms with E-state index in [4.69, 9.17) is 25.8 Å². The smallest absolute Gasteiger partial charge is 0.340 e. The van der Waals surface area contributed by atoms with E-state index in [1.807, 2.05) is 6.92 Å². The predicted octanol–water partition coefficient (Wildman–Crippen LogP) is 4.59. The van der Waals surface area contributed by atoms with E-state index in [2.05, 4.69) is 5.32 Å². The first kappa shape index (κ1) is 27.8. The van der Waals surface area contributed by atoms with Crippen molar-refractivity contribution in [3.8, 4) is 11.5 Å². The van der Waals surface area contributed by atoms with Gasteiger partial charge >= 0.3 is 5.97 Å². The van der Waals surface area contributed by atoms with Crippen LogP contribution in [0.2, 0.25) is 5.02 Å². The molecule has 3 aromatic rings. The lowest BCUT2D eigenvalue weighted by molar-refractivity contribution is -0.114. The summed E-state index contributed by atoms with van der Waals surface area (Å²) >= 11 is 6.18. The van der Waals surface area contributed by atoms with Crippen molar-refractivity contribution in [2.24, 2.45) is 0 Å². The number of amides is 1. The minimum absolute atomic E-state index is 0.000350. The second-order valence-electron chi connectivity index (χ2n) is 8.05. The first-order chi connectivity index (χ1) is 17.5. The maximum atomic E-state index is 13.7. The Kier molecular flexibility index (Phi) is 8.67. The number of esters is 1. The molecule has 0 saturated heterocycles. The van der Waals surface area contributed by atoms with E-state index in [0.717, 1.165) is 9.87 Å². The number of ether oxygens (including phenoxy) is 3. The molecule has 3 rings (SSSR count). The number of benzene rings is 3. The molecular formula is C26H27ClN2O7S. The number of anilines is 2. The lowest BCUT2D eigenvalue weighted by atomic mass is 10.1. The summed E-state index contributed by atoms with van der Waals surface area (Å²) < 4.78 is 43.7. The summed E-state index contributed by atoms with van der Waals surface area (Å²) in [5.41, 5.74) is 1.77. The van der Waals surface area contributed by atoms with Gasteiger partial charge in [-0.3, -0.25) is 9.10 Å². The van der Waals surface area contributed by atoms with Crippen LogP contribution in [0, 0.1) is 13.8 Å². The van der Waals surface area contributed by atoms with E-state index < -0.39 is 28.4 Å². The number of methoxy groups -OCH3 is 3. The van der Waals surface area contributed by atoms with Crippen LogP contribution in [-0.2, 0) is 19.6 Å². The molecular weight excluding hydrogens is 520 g/mol. The molecule has 0 aromatic heterocycles. The number of carbonyl (C=O) groups is 2. The molecule has 196 valence electrons. The van der Waals surface area contributed by atoms with Gasteiger partial charge in [-0.1, -0.05) is 35.4 Å². The van der Waals surface area contributed by atoms with Gasteiger partial charge in [0.25, 0.3) is 10.0 Å². The van der Waals surface area contributed by atoms with Crippen LogP contribution < -0.4 is 19.1 Å². The molecule has 1 N–H and O–H groups in total. The largest absolute Gasteiger partial charge is 0.493 e. The van der Waals surface area contributed by atoms with E-state index in [0.29, 0.717) is 10.6 Å². The molecule has 1 amide bonds. The van der Waals surface area contributed by atoms with Gasteiger partial charge in [-0.2, -0.15) is 0 Å². The summed E-state index contributed by atoms with van der Waals surface area (Å²) in [7, 11) is -0.175. The molecule has 0 aliphatic heterocycles. The highest BCUT2D eigenvalue weighted by atomic mass is 35.5. The molecule has 0 heterocycles. The second kappa shape index (κ2) is 11.5. The molecule has 0 bridgehead atoms. The van der Waals surface area contributed by atoms with Crippen LogP contribution in [0.5, 0.6) is 11.5 Å². The summed E-state index contributed by atoms with van der Waals surface area (Å²) in [6, 6.07) is 13.8. The van der Waals surface area contributed by atoms with Crippen LogP contribution >= 0.6 is 11.6 Å². The van der Waals surface area contributed by atoms with Crippen LogP contribution in [0.3, 0.4) is 0 Å². The molecule has 3 aromatic carbocycles. The van der Waals surface area contributed by atoms with E-state index >= 15 is 0 Å². The van der Waals surface area contributed by atoms with Crippen LogP contribution in [0.25, 0.3) is 0 Å². The number of nitrogens with one attached hydrogen (secondary N) is 1. The first-order valence-electron chi connectivity index (χ1n) is 11.0. The van der Waals surface area contributed by atoms with Gasteiger partial charge < -0.3 is 19.5 Å². The van der Waals surface area contributed by atoms with Crippen LogP contribution in [0.1, 0.15) is 21.5 Å². The first-order valence-corrected chi connectivity index (χ1v) is 12.8. The van der Waals surface area contributed by atoms with Crippen LogP contribution in [-0.4, -0.2) is 48.2 Å². The Balaban J connectivity index is 2.06. The zero-order valence-electron chi connectivity index (χ0n) is 21.0. The molecule has 11 heteroatoms. The second-order valence-corrected chi connectivity index (χ2v) is 10.3. The fourth-order valence-corrected chi connectivity index (χ4v) is 5.21. The molecule has 9 nitrogen and oxygen atoms in total. The van der Waals surface area contributed by atoms with Gasteiger partial charge in [0.15, 0.2) is 11.5 Å². The molecule has 0 spiro atoms. The van der Waals surface area contributed by atoms with Crippen molar-refractivity contribution >= 4 is 44.9 Å². The molecule has 0 aliphatic carbocycles. The third kappa shape index (κ3) is 6.15. The van der Waals surface area contributed by atoms with Gasteiger partial charge in [0, 0.05) is 17.2 Å². The zero-order valence-corrected chi connectivity index (χ0v) is 22.6. The molecule has 0 atom stereocenters. The fraction of sp³-hybridized carbons (Fsp3) is 0.231. The average Bonchev–Trinajstić information content (AvgIpc) is 2.88. The van der Waals surface area contributed by atoms with Crippen molar-refractivity contribution in [2.45, 2.75) is 18.7 Å². The lowest BCUT2D eigenvalue weighted by Gasteiger charge is -2.26. The van der Waals surface area contributed by atoms with Gasteiger partial charge in [-0.05, 0) is 43.7 Å². The summed E-state index contributed by atoms with van der Waals surface area (Å²) in [5.74, 6) is -0.946. The Labute approximate surface area is 221 Å². The fourth-order valence-electron chi connectivity index (χ4n) is 3.57. The highest BCUT2D eigenvalue weighted by Crippen LogP contribution is 2.34. The van der Waals surface area contributed by atoms with Crippen molar-refractivity contribution < 1.29 is 32.2 Å². The Bertz CT molecular complexity index is 1420. The normalized spacial score (nSPS) is 11.0. The third-order valence-electron chi connectivity index (χ3n) is 5.54. The number of hydrogen-bond donors (Lipinski definition) is 1. The van der Waals surface area contributed by atoms with Gasteiger partial charge in [0.05, 0.1) is 43.2 Å². The summed E-state index contributed by atoms with van der Waals surface area (Å²) in [6.45, 7) is 2.95. The molecule has 0 fully saturated rings. The highest BCUT2D eigenvalue weighted by Gasteiger charge is 2.29. The maximum absolute atomic E-state index is 13.7. The minimum atomic E-state index is -4.17.